The molecule has 3 heterocycles. The highest BCUT2D eigenvalue weighted by molar-refractivity contribution is 5.73. The fourth-order valence-corrected chi connectivity index (χ4v) is 3.90. The first-order valence-electron chi connectivity index (χ1n) is 7.94. The Hall–Kier alpha value is -0.810. The summed E-state index contributed by atoms with van der Waals surface area (Å²) in [5.41, 5.74) is 0.0519. The zero-order chi connectivity index (χ0) is 14.2. The van der Waals surface area contributed by atoms with Gasteiger partial charge in [0.15, 0.2) is 0 Å². The van der Waals surface area contributed by atoms with E-state index in [1.165, 1.54) is 25.9 Å². The molecule has 0 N–H and O–H groups in total. The molecule has 3 aliphatic heterocycles. The van der Waals surface area contributed by atoms with Crippen LogP contribution in [-0.4, -0.2) is 79.3 Å². The number of carbonyl (C=O) groups excluding carboxylic acids is 1. The highest BCUT2D eigenvalue weighted by Crippen LogP contribution is 2.38. The second-order valence-electron chi connectivity index (χ2n) is 6.76. The van der Waals surface area contributed by atoms with E-state index < -0.39 is 0 Å². The van der Waals surface area contributed by atoms with Crippen LogP contribution >= 0.6 is 0 Å². The standard InChI is InChI=1S/C15H27N3O2/c1-16(2)14(19)18-9-5-15(6-10-18)11-13(12-20-15)17-7-3-4-8-17/h13H,3-12H2,1-2H3. The molecule has 3 rings (SSSR count). The van der Waals surface area contributed by atoms with Crippen molar-refractivity contribution in [1.82, 2.24) is 14.7 Å². The predicted molar refractivity (Wildman–Crippen MR) is 77.8 cm³/mol. The average Bonchev–Trinajstić information content (AvgIpc) is 3.08. The summed E-state index contributed by atoms with van der Waals surface area (Å²) in [6.07, 6.45) is 5.84. The van der Waals surface area contributed by atoms with Crippen LogP contribution in [0.15, 0.2) is 0 Å². The summed E-state index contributed by atoms with van der Waals surface area (Å²) in [5, 5.41) is 0. The Morgan fingerprint density at radius 2 is 1.80 bits per heavy atom. The molecule has 0 aromatic rings. The molecule has 0 saturated carbocycles. The van der Waals surface area contributed by atoms with Gasteiger partial charge in [0.2, 0.25) is 0 Å². The topological polar surface area (TPSA) is 36.0 Å². The molecule has 5 heteroatoms. The summed E-state index contributed by atoms with van der Waals surface area (Å²) < 4.78 is 6.20. The molecule has 20 heavy (non-hydrogen) atoms. The monoisotopic (exact) mass is 281 g/mol. The lowest BCUT2D eigenvalue weighted by Crippen LogP contribution is -2.49. The normalized spacial score (nSPS) is 30.1. The van der Waals surface area contributed by atoms with Crippen LogP contribution in [-0.2, 0) is 4.74 Å². The van der Waals surface area contributed by atoms with Gasteiger partial charge in [-0.05, 0) is 45.2 Å². The summed E-state index contributed by atoms with van der Waals surface area (Å²) >= 11 is 0. The van der Waals surface area contributed by atoms with E-state index in [-0.39, 0.29) is 11.6 Å². The summed E-state index contributed by atoms with van der Waals surface area (Å²) in [7, 11) is 3.64. The minimum Gasteiger partial charge on any atom is -0.373 e. The van der Waals surface area contributed by atoms with Crippen molar-refractivity contribution in [2.45, 2.75) is 43.7 Å². The molecule has 0 aromatic carbocycles. The highest BCUT2D eigenvalue weighted by atomic mass is 16.5. The number of likely N-dealkylation sites (tertiary alicyclic amines) is 2. The van der Waals surface area contributed by atoms with E-state index in [4.69, 9.17) is 4.74 Å². The quantitative estimate of drug-likeness (QED) is 0.728. The Morgan fingerprint density at radius 3 is 2.40 bits per heavy atom. The lowest BCUT2D eigenvalue weighted by atomic mass is 9.87. The Labute approximate surface area is 121 Å². The SMILES string of the molecule is CN(C)C(=O)N1CCC2(CC1)CC(N1CCCC1)CO2. The number of urea groups is 1. The first kappa shape index (κ1) is 14.1. The zero-order valence-electron chi connectivity index (χ0n) is 12.8. The maximum atomic E-state index is 12.0. The third kappa shape index (κ3) is 2.66. The number of hydrogen-bond donors (Lipinski definition) is 0. The molecular formula is C15H27N3O2. The van der Waals surface area contributed by atoms with E-state index in [2.05, 4.69) is 4.90 Å². The Balaban J connectivity index is 1.54. The van der Waals surface area contributed by atoms with Crippen molar-refractivity contribution in [1.29, 1.82) is 0 Å². The molecule has 5 nitrogen and oxygen atoms in total. The van der Waals surface area contributed by atoms with Crippen molar-refractivity contribution >= 4 is 6.03 Å². The van der Waals surface area contributed by atoms with Gasteiger partial charge in [-0.25, -0.2) is 4.79 Å². The van der Waals surface area contributed by atoms with Gasteiger partial charge < -0.3 is 14.5 Å². The van der Waals surface area contributed by atoms with Crippen molar-refractivity contribution < 1.29 is 9.53 Å². The van der Waals surface area contributed by atoms with Crippen LogP contribution in [0.2, 0.25) is 0 Å². The van der Waals surface area contributed by atoms with Crippen LogP contribution in [0.5, 0.6) is 0 Å². The Bertz CT molecular complexity index is 358. The van der Waals surface area contributed by atoms with Crippen LogP contribution in [0.25, 0.3) is 0 Å². The molecule has 3 aliphatic rings. The largest absolute Gasteiger partial charge is 0.373 e. The molecular weight excluding hydrogens is 254 g/mol. The van der Waals surface area contributed by atoms with Crippen molar-refractivity contribution in [2.75, 3.05) is 46.9 Å². The first-order chi connectivity index (χ1) is 9.60. The van der Waals surface area contributed by atoms with Crippen molar-refractivity contribution in [2.24, 2.45) is 0 Å². The minimum atomic E-state index is 0.0519. The third-order valence-corrected chi connectivity index (χ3v) is 5.17. The van der Waals surface area contributed by atoms with Crippen LogP contribution in [0.3, 0.4) is 0 Å². The molecule has 114 valence electrons. The van der Waals surface area contributed by atoms with Crippen molar-refractivity contribution in [3.63, 3.8) is 0 Å². The number of amides is 2. The van der Waals surface area contributed by atoms with E-state index in [0.29, 0.717) is 6.04 Å². The average molecular weight is 281 g/mol. The van der Waals surface area contributed by atoms with E-state index in [0.717, 1.165) is 39.0 Å². The molecule has 1 atom stereocenters. The molecule has 2 amide bonds. The number of nitrogens with zero attached hydrogens (tertiary/aromatic N) is 3. The van der Waals surface area contributed by atoms with Gasteiger partial charge in [0.25, 0.3) is 0 Å². The van der Waals surface area contributed by atoms with Gasteiger partial charge in [0, 0.05) is 33.2 Å². The fraction of sp³-hybridized carbons (Fsp3) is 0.933. The fourth-order valence-electron chi connectivity index (χ4n) is 3.90. The molecule has 0 bridgehead atoms. The number of carbonyl (C=O) groups is 1. The molecule has 1 unspecified atom stereocenters. The van der Waals surface area contributed by atoms with E-state index in [1.54, 1.807) is 4.90 Å². The van der Waals surface area contributed by atoms with Gasteiger partial charge in [0.05, 0.1) is 12.2 Å². The summed E-state index contributed by atoms with van der Waals surface area (Å²) in [6.45, 7) is 5.06. The molecule has 0 aliphatic carbocycles. The first-order valence-corrected chi connectivity index (χ1v) is 7.94. The summed E-state index contributed by atoms with van der Waals surface area (Å²) in [4.78, 5) is 18.2. The molecule has 0 aromatic heterocycles. The van der Waals surface area contributed by atoms with Crippen LogP contribution in [0.1, 0.15) is 32.1 Å². The zero-order valence-corrected chi connectivity index (χ0v) is 12.8. The Kier molecular flexibility index (Phi) is 3.91. The molecule has 3 fully saturated rings. The van der Waals surface area contributed by atoms with Gasteiger partial charge in [-0.1, -0.05) is 0 Å². The van der Waals surface area contributed by atoms with Crippen molar-refractivity contribution in [3.8, 4) is 0 Å². The smallest absolute Gasteiger partial charge is 0.319 e. The minimum absolute atomic E-state index is 0.0519. The lowest BCUT2D eigenvalue weighted by Gasteiger charge is -2.39. The molecule has 1 spiro atoms. The molecule has 3 saturated heterocycles. The van der Waals surface area contributed by atoms with Gasteiger partial charge in [-0.3, -0.25) is 4.90 Å². The maximum Gasteiger partial charge on any atom is 0.319 e. The predicted octanol–water partition coefficient (Wildman–Crippen LogP) is 1.39. The second-order valence-corrected chi connectivity index (χ2v) is 6.76. The summed E-state index contributed by atoms with van der Waals surface area (Å²) in [5.74, 6) is 0. The van der Waals surface area contributed by atoms with Crippen LogP contribution in [0, 0.1) is 0 Å². The number of rotatable bonds is 1. The number of ether oxygens (including phenoxy) is 1. The van der Waals surface area contributed by atoms with Crippen LogP contribution < -0.4 is 0 Å². The van der Waals surface area contributed by atoms with E-state index in [9.17, 15) is 4.79 Å². The van der Waals surface area contributed by atoms with E-state index in [1.807, 2.05) is 19.0 Å². The number of hydrogen-bond acceptors (Lipinski definition) is 3. The van der Waals surface area contributed by atoms with Gasteiger partial charge in [-0.2, -0.15) is 0 Å². The van der Waals surface area contributed by atoms with Gasteiger partial charge >= 0.3 is 6.03 Å². The van der Waals surface area contributed by atoms with Crippen LogP contribution in [0.4, 0.5) is 4.79 Å². The third-order valence-electron chi connectivity index (χ3n) is 5.17. The highest BCUT2D eigenvalue weighted by Gasteiger charge is 2.45. The van der Waals surface area contributed by atoms with Crippen molar-refractivity contribution in [3.05, 3.63) is 0 Å². The van der Waals surface area contributed by atoms with Gasteiger partial charge in [0.1, 0.15) is 0 Å². The summed E-state index contributed by atoms with van der Waals surface area (Å²) in [6, 6.07) is 0.752. The molecule has 0 radical (unpaired) electrons. The van der Waals surface area contributed by atoms with E-state index >= 15 is 0 Å². The lowest BCUT2D eigenvalue weighted by molar-refractivity contribution is -0.0381. The Morgan fingerprint density at radius 1 is 1.15 bits per heavy atom. The van der Waals surface area contributed by atoms with Gasteiger partial charge in [-0.15, -0.1) is 0 Å². The maximum absolute atomic E-state index is 12.0. The second kappa shape index (κ2) is 5.53. The number of piperidine rings is 1.